The Morgan fingerprint density at radius 1 is 1.15 bits per heavy atom. The maximum absolute atomic E-state index is 12.5. The van der Waals surface area contributed by atoms with Crippen LogP contribution in [-0.4, -0.2) is 66.7 Å². The predicted octanol–water partition coefficient (Wildman–Crippen LogP) is 2.42. The van der Waals surface area contributed by atoms with Gasteiger partial charge in [0, 0.05) is 43.8 Å². The van der Waals surface area contributed by atoms with Crippen LogP contribution in [0.2, 0.25) is 0 Å². The largest absolute Gasteiger partial charge is 0.450 e. The van der Waals surface area contributed by atoms with Gasteiger partial charge in [-0.15, -0.1) is 0 Å². The molecule has 2 aliphatic rings. The normalized spacial score (nSPS) is 21.6. The van der Waals surface area contributed by atoms with E-state index in [9.17, 15) is 9.59 Å². The molecular formula is C20H29N3O3. The zero-order chi connectivity index (χ0) is 18.5. The summed E-state index contributed by atoms with van der Waals surface area (Å²) in [4.78, 5) is 28.6. The fourth-order valence-electron chi connectivity index (χ4n) is 3.96. The molecule has 0 bridgehead atoms. The molecule has 26 heavy (non-hydrogen) atoms. The van der Waals surface area contributed by atoms with E-state index in [1.54, 1.807) is 4.90 Å². The lowest BCUT2D eigenvalue weighted by molar-refractivity contribution is 0.0791. The number of amides is 2. The molecule has 2 amide bonds. The van der Waals surface area contributed by atoms with Gasteiger partial charge in [0.2, 0.25) is 0 Å². The van der Waals surface area contributed by atoms with Crippen molar-refractivity contribution in [1.29, 1.82) is 0 Å². The summed E-state index contributed by atoms with van der Waals surface area (Å²) in [5.41, 5.74) is 1.76. The van der Waals surface area contributed by atoms with Crippen LogP contribution < -0.4 is 5.32 Å². The summed E-state index contributed by atoms with van der Waals surface area (Å²) < 4.78 is 5.08. The molecule has 2 heterocycles. The Hall–Kier alpha value is -2.08. The van der Waals surface area contributed by atoms with E-state index in [0.29, 0.717) is 12.6 Å². The molecule has 6 heteroatoms. The fraction of sp³-hybridized carbons (Fsp3) is 0.600. The first kappa shape index (κ1) is 18.7. The number of hydrogen-bond acceptors (Lipinski definition) is 4. The highest BCUT2D eigenvalue weighted by molar-refractivity contribution is 5.95. The maximum Gasteiger partial charge on any atom is 0.409 e. The van der Waals surface area contributed by atoms with E-state index in [4.69, 9.17) is 4.74 Å². The van der Waals surface area contributed by atoms with E-state index < -0.39 is 0 Å². The number of hydrogen-bond donors (Lipinski definition) is 1. The van der Waals surface area contributed by atoms with Gasteiger partial charge in [0.05, 0.1) is 6.61 Å². The molecule has 2 fully saturated rings. The molecule has 0 aliphatic carbocycles. The van der Waals surface area contributed by atoms with Crippen molar-refractivity contribution in [2.45, 2.75) is 45.2 Å². The molecule has 0 radical (unpaired) electrons. The van der Waals surface area contributed by atoms with Gasteiger partial charge < -0.3 is 15.0 Å². The first-order valence-electron chi connectivity index (χ1n) is 9.60. The summed E-state index contributed by atoms with van der Waals surface area (Å²) in [5.74, 6) is 0.0204. The summed E-state index contributed by atoms with van der Waals surface area (Å²) in [7, 11) is 0. The molecule has 0 spiro atoms. The number of benzene rings is 1. The van der Waals surface area contributed by atoms with Crippen molar-refractivity contribution in [3.8, 4) is 0 Å². The molecule has 1 atom stereocenters. The Labute approximate surface area is 155 Å². The average Bonchev–Trinajstić information content (AvgIpc) is 3.11. The van der Waals surface area contributed by atoms with Gasteiger partial charge in [0.15, 0.2) is 0 Å². The van der Waals surface area contributed by atoms with Crippen molar-refractivity contribution in [3.63, 3.8) is 0 Å². The van der Waals surface area contributed by atoms with Crippen LogP contribution in [0.25, 0.3) is 0 Å². The van der Waals surface area contributed by atoms with Gasteiger partial charge in [0.1, 0.15) is 0 Å². The van der Waals surface area contributed by atoms with Gasteiger partial charge >= 0.3 is 6.09 Å². The van der Waals surface area contributed by atoms with Gasteiger partial charge in [0.25, 0.3) is 5.91 Å². The summed E-state index contributed by atoms with van der Waals surface area (Å²) in [6.45, 7) is 7.62. The SMILES string of the molecule is CCOC(=O)N1CCC(N2CC[C@@H](NC(=O)c3ccccc3C)C2)CC1. The molecular weight excluding hydrogens is 330 g/mol. The zero-order valence-electron chi connectivity index (χ0n) is 15.7. The summed E-state index contributed by atoms with van der Waals surface area (Å²) in [6.07, 6.45) is 2.72. The average molecular weight is 359 g/mol. The van der Waals surface area contributed by atoms with Gasteiger partial charge in [-0.25, -0.2) is 4.79 Å². The minimum absolute atomic E-state index is 0.0204. The lowest BCUT2D eigenvalue weighted by Gasteiger charge is -2.36. The van der Waals surface area contributed by atoms with Crippen molar-refractivity contribution in [2.24, 2.45) is 0 Å². The van der Waals surface area contributed by atoms with Crippen LogP contribution in [0, 0.1) is 6.92 Å². The first-order valence-corrected chi connectivity index (χ1v) is 9.60. The quantitative estimate of drug-likeness (QED) is 0.897. The highest BCUT2D eigenvalue weighted by atomic mass is 16.6. The number of rotatable bonds is 4. The van der Waals surface area contributed by atoms with E-state index in [1.165, 1.54) is 0 Å². The van der Waals surface area contributed by atoms with Crippen molar-refractivity contribution in [1.82, 2.24) is 15.1 Å². The second kappa shape index (κ2) is 8.54. The number of likely N-dealkylation sites (tertiary alicyclic amines) is 2. The minimum atomic E-state index is -0.198. The third kappa shape index (κ3) is 4.36. The monoisotopic (exact) mass is 359 g/mol. The number of ether oxygens (including phenoxy) is 1. The Balaban J connectivity index is 1.47. The van der Waals surface area contributed by atoms with E-state index in [2.05, 4.69) is 10.2 Å². The van der Waals surface area contributed by atoms with Crippen molar-refractivity contribution < 1.29 is 14.3 Å². The van der Waals surface area contributed by atoms with E-state index in [0.717, 1.165) is 56.6 Å². The van der Waals surface area contributed by atoms with E-state index >= 15 is 0 Å². The summed E-state index contributed by atoms with van der Waals surface area (Å²) >= 11 is 0. The lowest BCUT2D eigenvalue weighted by atomic mass is 10.0. The number of carbonyl (C=O) groups excluding carboxylic acids is 2. The highest BCUT2D eigenvalue weighted by Crippen LogP contribution is 2.22. The smallest absolute Gasteiger partial charge is 0.409 e. The van der Waals surface area contributed by atoms with Crippen LogP contribution in [0.4, 0.5) is 4.79 Å². The molecule has 1 aromatic carbocycles. The van der Waals surface area contributed by atoms with Crippen molar-refractivity contribution in [2.75, 3.05) is 32.8 Å². The van der Waals surface area contributed by atoms with Crippen LogP contribution in [0.15, 0.2) is 24.3 Å². The Kier molecular flexibility index (Phi) is 6.14. The van der Waals surface area contributed by atoms with E-state index in [-0.39, 0.29) is 18.0 Å². The second-order valence-electron chi connectivity index (χ2n) is 7.19. The van der Waals surface area contributed by atoms with Gasteiger partial charge in [-0.1, -0.05) is 18.2 Å². The molecule has 1 N–H and O–H groups in total. The van der Waals surface area contributed by atoms with E-state index in [1.807, 2.05) is 38.1 Å². The summed E-state index contributed by atoms with van der Waals surface area (Å²) in [5, 5.41) is 3.18. The second-order valence-corrected chi connectivity index (χ2v) is 7.19. The third-order valence-corrected chi connectivity index (χ3v) is 5.45. The molecule has 0 aromatic heterocycles. The summed E-state index contributed by atoms with van der Waals surface area (Å²) in [6, 6.07) is 8.38. The molecule has 3 rings (SSSR count). The molecule has 2 aliphatic heterocycles. The Morgan fingerprint density at radius 2 is 1.88 bits per heavy atom. The molecule has 0 saturated carbocycles. The molecule has 2 saturated heterocycles. The maximum atomic E-state index is 12.5. The zero-order valence-corrected chi connectivity index (χ0v) is 15.7. The van der Waals surface area contributed by atoms with Crippen LogP contribution in [0.1, 0.15) is 42.1 Å². The number of piperidine rings is 1. The Bertz CT molecular complexity index is 641. The highest BCUT2D eigenvalue weighted by Gasteiger charge is 2.32. The van der Waals surface area contributed by atoms with Crippen LogP contribution >= 0.6 is 0 Å². The van der Waals surface area contributed by atoms with Gasteiger partial charge in [-0.2, -0.15) is 0 Å². The number of aryl methyl sites for hydroxylation is 1. The lowest BCUT2D eigenvalue weighted by Crippen LogP contribution is -2.47. The third-order valence-electron chi connectivity index (χ3n) is 5.45. The molecule has 1 aromatic rings. The van der Waals surface area contributed by atoms with Gasteiger partial charge in [-0.05, 0) is 44.7 Å². The molecule has 6 nitrogen and oxygen atoms in total. The fourth-order valence-corrected chi connectivity index (χ4v) is 3.96. The number of carbonyl (C=O) groups is 2. The van der Waals surface area contributed by atoms with Crippen LogP contribution in [0.5, 0.6) is 0 Å². The van der Waals surface area contributed by atoms with Gasteiger partial charge in [-0.3, -0.25) is 9.69 Å². The Morgan fingerprint density at radius 3 is 2.58 bits per heavy atom. The standard InChI is InChI=1S/C20H29N3O3/c1-3-26-20(25)22-12-9-17(10-13-22)23-11-8-16(14-23)21-19(24)18-7-5-4-6-15(18)2/h4-7,16-17H,3,8-14H2,1-2H3,(H,21,24)/t16-/m1/s1. The first-order chi connectivity index (χ1) is 12.6. The molecule has 142 valence electrons. The molecule has 0 unspecified atom stereocenters. The van der Waals surface area contributed by atoms with Crippen LogP contribution in [-0.2, 0) is 4.74 Å². The number of nitrogens with one attached hydrogen (secondary N) is 1. The van der Waals surface area contributed by atoms with Crippen LogP contribution in [0.3, 0.4) is 0 Å². The number of nitrogens with zero attached hydrogens (tertiary/aromatic N) is 2. The topological polar surface area (TPSA) is 61.9 Å². The minimum Gasteiger partial charge on any atom is -0.450 e. The van der Waals surface area contributed by atoms with Crippen molar-refractivity contribution >= 4 is 12.0 Å². The van der Waals surface area contributed by atoms with Crippen molar-refractivity contribution in [3.05, 3.63) is 35.4 Å². The predicted molar refractivity (Wildman–Crippen MR) is 100 cm³/mol.